The van der Waals surface area contributed by atoms with Gasteiger partial charge < -0.3 is 20.4 Å². The van der Waals surface area contributed by atoms with Crippen LogP contribution in [0.2, 0.25) is 0 Å². The number of carbonyl (C=O) groups is 2. The highest BCUT2D eigenvalue weighted by Crippen LogP contribution is 2.43. The molecule has 0 aromatic carbocycles. The number of piperidine rings is 2. The predicted molar refractivity (Wildman–Crippen MR) is 128 cm³/mol. The summed E-state index contributed by atoms with van der Waals surface area (Å²) in [6.07, 6.45) is 9.44. The van der Waals surface area contributed by atoms with Gasteiger partial charge in [0.05, 0.1) is 0 Å². The molecule has 4 rings (SSSR count). The average molecular weight is 447 g/mol. The third-order valence-corrected chi connectivity index (χ3v) is 9.51. The Balaban J connectivity index is 1.35. The lowest BCUT2D eigenvalue weighted by molar-refractivity contribution is -0.148. The second-order valence-corrected chi connectivity index (χ2v) is 11.8. The SMILES string of the molecule is CC1CC2C(CN1)CC(C1CC(NC(=O)C3CCC(N(C)C)CC3)CCC1C)C(=O)N2C. The molecule has 32 heavy (non-hydrogen) atoms. The van der Waals surface area contributed by atoms with Gasteiger partial charge in [0.25, 0.3) is 0 Å². The summed E-state index contributed by atoms with van der Waals surface area (Å²) in [6, 6.07) is 1.73. The standard InChI is InChI=1S/C26H46N4O2/c1-16-6-9-20(28-25(31)18-7-10-21(11-8-18)29(3)4)14-22(16)23-13-19-15-27-17(2)12-24(19)30(5)26(23)32/h16-24,27H,6-15H2,1-5H3,(H,28,31). The largest absolute Gasteiger partial charge is 0.353 e. The predicted octanol–water partition coefficient (Wildman–Crippen LogP) is 2.87. The van der Waals surface area contributed by atoms with Crippen LogP contribution in [-0.2, 0) is 9.59 Å². The van der Waals surface area contributed by atoms with Crippen LogP contribution in [0.1, 0.15) is 71.6 Å². The fraction of sp³-hybridized carbons (Fsp3) is 0.923. The minimum Gasteiger partial charge on any atom is -0.353 e. The molecule has 4 aliphatic rings. The van der Waals surface area contributed by atoms with Crippen LogP contribution in [-0.4, -0.2) is 73.5 Å². The van der Waals surface area contributed by atoms with Gasteiger partial charge in [-0.25, -0.2) is 0 Å². The summed E-state index contributed by atoms with van der Waals surface area (Å²) < 4.78 is 0. The topological polar surface area (TPSA) is 64.7 Å². The molecule has 6 nitrogen and oxygen atoms in total. The van der Waals surface area contributed by atoms with Crippen LogP contribution in [0.25, 0.3) is 0 Å². The summed E-state index contributed by atoms with van der Waals surface area (Å²) in [5.41, 5.74) is 0. The van der Waals surface area contributed by atoms with E-state index in [4.69, 9.17) is 0 Å². The van der Waals surface area contributed by atoms with Gasteiger partial charge in [0.15, 0.2) is 0 Å². The minimum absolute atomic E-state index is 0.113. The van der Waals surface area contributed by atoms with E-state index in [1.165, 1.54) is 0 Å². The first-order valence-electron chi connectivity index (χ1n) is 13.2. The molecule has 2 N–H and O–H groups in total. The van der Waals surface area contributed by atoms with Crippen LogP contribution in [0.3, 0.4) is 0 Å². The van der Waals surface area contributed by atoms with E-state index in [0.29, 0.717) is 41.8 Å². The van der Waals surface area contributed by atoms with E-state index >= 15 is 0 Å². The van der Waals surface area contributed by atoms with Crippen molar-refractivity contribution in [3.05, 3.63) is 0 Å². The van der Waals surface area contributed by atoms with Crippen molar-refractivity contribution in [2.45, 2.75) is 95.8 Å². The van der Waals surface area contributed by atoms with Crippen LogP contribution in [0.4, 0.5) is 0 Å². The second kappa shape index (κ2) is 10.0. The van der Waals surface area contributed by atoms with Gasteiger partial charge in [-0.2, -0.15) is 0 Å². The van der Waals surface area contributed by atoms with E-state index in [2.05, 4.69) is 48.4 Å². The van der Waals surface area contributed by atoms with Crippen molar-refractivity contribution in [2.24, 2.45) is 29.6 Å². The van der Waals surface area contributed by atoms with E-state index in [-0.39, 0.29) is 23.8 Å². The maximum absolute atomic E-state index is 13.4. The Labute approximate surface area is 195 Å². The van der Waals surface area contributed by atoms with E-state index in [0.717, 1.165) is 64.3 Å². The summed E-state index contributed by atoms with van der Waals surface area (Å²) >= 11 is 0. The lowest BCUT2D eigenvalue weighted by atomic mass is 9.65. The molecule has 2 amide bonds. The number of likely N-dealkylation sites (tertiary alicyclic amines) is 1. The van der Waals surface area contributed by atoms with Gasteiger partial charge in [-0.15, -0.1) is 0 Å². The zero-order valence-electron chi connectivity index (χ0n) is 21.0. The van der Waals surface area contributed by atoms with Gasteiger partial charge in [-0.3, -0.25) is 9.59 Å². The number of nitrogens with zero attached hydrogens (tertiary/aromatic N) is 2. The molecule has 182 valence electrons. The van der Waals surface area contributed by atoms with Crippen molar-refractivity contribution < 1.29 is 9.59 Å². The summed E-state index contributed by atoms with van der Waals surface area (Å²) in [7, 11) is 6.32. The molecule has 0 aromatic rings. The van der Waals surface area contributed by atoms with Crippen molar-refractivity contribution in [1.82, 2.24) is 20.4 Å². The van der Waals surface area contributed by atoms with Crippen molar-refractivity contribution in [2.75, 3.05) is 27.7 Å². The number of hydrogen-bond donors (Lipinski definition) is 2. The maximum Gasteiger partial charge on any atom is 0.225 e. The quantitative estimate of drug-likeness (QED) is 0.697. The third kappa shape index (κ3) is 5.01. The maximum atomic E-state index is 13.4. The number of nitrogens with one attached hydrogen (secondary N) is 2. The van der Waals surface area contributed by atoms with Gasteiger partial charge in [-0.05, 0) is 96.6 Å². The highest BCUT2D eigenvalue weighted by molar-refractivity contribution is 5.80. The average Bonchev–Trinajstić information content (AvgIpc) is 2.78. The Bertz CT molecular complexity index is 675. The molecule has 7 unspecified atom stereocenters. The Morgan fingerprint density at radius 1 is 1.03 bits per heavy atom. The molecule has 2 aliphatic heterocycles. The summed E-state index contributed by atoms with van der Waals surface area (Å²) in [4.78, 5) is 30.8. The zero-order valence-corrected chi connectivity index (χ0v) is 21.0. The second-order valence-electron chi connectivity index (χ2n) is 11.8. The molecule has 2 aliphatic carbocycles. The fourth-order valence-electron chi connectivity index (χ4n) is 7.27. The van der Waals surface area contributed by atoms with Crippen molar-refractivity contribution in [1.29, 1.82) is 0 Å². The molecular weight excluding hydrogens is 400 g/mol. The highest BCUT2D eigenvalue weighted by atomic mass is 16.2. The molecule has 2 saturated carbocycles. The first-order valence-corrected chi connectivity index (χ1v) is 13.2. The lowest BCUT2D eigenvalue weighted by Gasteiger charge is -2.50. The smallest absolute Gasteiger partial charge is 0.225 e. The Morgan fingerprint density at radius 3 is 2.44 bits per heavy atom. The molecule has 6 heteroatoms. The number of amides is 2. The normalized spacial score (nSPS) is 43.1. The van der Waals surface area contributed by atoms with Crippen molar-refractivity contribution >= 4 is 11.8 Å². The Morgan fingerprint density at radius 2 is 1.75 bits per heavy atom. The van der Waals surface area contributed by atoms with E-state index < -0.39 is 0 Å². The lowest BCUT2D eigenvalue weighted by Crippen LogP contribution is -2.60. The molecule has 2 saturated heterocycles. The van der Waals surface area contributed by atoms with Gasteiger partial charge >= 0.3 is 0 Å². The van der Waals surface area contributed by atoms with Gasteiger partial charge in [-0.1, -0.05) is 6.92 Å². The van der Waals surface area contributed by atoms with Crippen LogP contribution in [0.5, 0.6) is 0 Å². The minimum atomic E-state index is 0.113. The number of hydrogen-bond acceptors (Lipinski definition) is 4. The van der Waals surface area contributed by atoms with Crippen molar-refractivity contribution in [3.8, 4) is 0 Å². The van der Waals surface area contributed by atoms with Crippen LogP contribution >= 0.6 is 0 Å². The fourth-order valence-corrected chi connectivity index (χ4v) is 7.27. The van der Waals surface area contributed by atoms with Crippen LogP contribution < -0.4 is 10.6 Å². The number of carbonyl (C=O) groups excluding carboxylic acids is 2. The van der Waals surface area contributed by atoms with Gasteiger partial charge in [0.2, 0.25) is 11.8 Å². The molecule has 2 heterocycles. The van der Waals surface area contributed by atoms with Crippen LogP contribution in [0.15, 0.2) is 0 Å². The Kier molecular flexibility index (Phi) is 7.50. The van der Waals surface area contributed by atoms with Crippen LogP contribution in [0, 0.1) is 29.6 Å². The summed E-state index contributed by atoms with van der Waals surface area (Å²) in [6.45, 7) is 5.58. The molecule has 4 fully saturated rings. The first-order chi connectivity index (χ1) is 15.2. The molecule has 0 bridgehead atoms. The molecule has 0 aromatic heterocycles. The number of rotatable bonds is 4. The molecular formula is C26H46N4O2. The molecule has 7 atom stereocenters. The summed E-state index contributed by atoms with van der Waals surface area (Å²) in [5.74, 6) is 2.39. The molecule has 0 radical (unpaired) electrons. The highest BCUT2D eigenvalue weighted by Gasteiger charge is 2.47. The van der Waals surface area contributed by atoms with Gasteiger partial charge in [0.1, 0.15) is 0 Å². The van der Waals surface area contributed by atoms with E-state index in [9.17, 15) is 9.59 Å². The molecule has 0 spiro atoms. The third-order valence-electron chi connectivity index (χ3n) is 9.51. The monoisotopic (exact) mass is 446 g/mol. The number of fused-ring (bicyclic) bond motifs is 1. The first kappa shape index (κ1) is 24.0. The van der Waals surface area contributed by atoms with Gasteiger partial charge in [0, 0.05) is 49.6 Å². The zero-order chi connectivity index (χ0) is 23.0. The van der Waals surface area contributed by atoms with E-state index in [1.807, 2.05) is 7.05 Å². The Hall–Kier alpha value is -1.14. The summed E-state index contributed by atoms with van der Waals surface area (Å²) in [5, 5.41) is 7.06. The van der Waals surface area contributed by atoms with E-state index in [1.54, 1.807) is 0 Å². The van der Waals surface area contributed by atoms with Crippen molar-refractivity contribution in [3.63, 3.8) is 0 Å².